The molecular formula is C11H17NO3. The summed E-state index contributed by atoms with van der Waals surface area (Å²) in [6, 6.07) is 3.45. The molecule has 0 bridgehead atoms. The topological polar surface area (TPSA) is 75.7 Å². The molecule has 0 heterocycles. The van der Waals surface area contributed by atoms with Gasteiger partial charge in [-0.2, -0.15) is 0 Å². The lowest BCUT2D eigenvalue weighted by Crippen LogP contribution is -2.07. The highest BCUT2D eigenvalue weighted by atomic mass is 16.5. The number of rotatable bonds is 4. The standard InChI is InChI=1S/C11H17NO3/c1-7-5-8(9(13)3-4-12)11(14)10(6-7)15-2/h5-6,9,13-14H,3-4,12H2,1-2H3. The van der Waals surface area contributed by atoms with Gasteiger partial charge in [0, 0.05) is 5.56 Å². The van der Waals surface area contributed by atoms with Crippen LogP contribution in [-0.4, -0.2) is 23.9 Å². The van der Waals surface area contributed by atoms with Crippen molar-refractivity contribution >= 4 is 0 Å². The summed E-state index contributed by atoms with van der Waals surface area (Å²) in [5, 5.41) is 19.5. The first-order valence-corrected chi connectivity index (χ1v) is 4.85. The molecular weight excluding hydrogens is 194 g/mol. The van der Waals surface area contributed by atoms with Gasteiger partial charge in [-0.05, 0) is 37.6 Å². The molecule has 1 aromatic carbocycles. The summed E-state index contributed by atoms with van der Waals surface area (Å²) in [5.41, 5.74) is 6.75. The van der Waals surface area contributed by atoms with Crippen LogP contribution in [0.3, 0.4) is 0 Å². The number of benzene rings is 1. The number of aromatic hydroxyl groups is 1. The molecule has 1 rings (SSSR count). The van der Waals surface area contributed by atoms with Crippen molar-refractivity contribution in [2.24, 2.45) is 5.73 Å². The van der Waals surface area contributed by atoms with Crippen molar-refractivity contribution in [3.05, 3.63) is 23.3 Å². The van der Waals surface area contributed by atoms with E-state index >= 15 is 0 Å². The third kappa shape index (κ3) is 2.61. The average Bonchev–Trinajstić information content (AvgIpc) is 2.21. The molecule has 4 heteroatoms. The van der Waals surface area contributed by atoms with Gasteiger partial charge in [-0.15, -0.1) is 0 Å². The maximum absolute atomic E-state index is 9.78. The molecule has 4 N–H and O–H groups in total. The van der Waals surface area contributed by atoms with Gasteiger partial charge in [0.25, 0.3) is 0 Å². The van der Waals surface area contributed by atoms with Crippen LogP contribution in [0, 0.1) is 6.92 Å². The highest BCUT2D eigenvalue weighted by Gasteiger charge is 2.15. The Morgan fingerprint density at radius 2 is 2.13 bits per heavy atom. The molecule has 0 aliphatic carbocycles. The molecule has 0 amide bonds. The zero-order valence-corrected chi connectivity index (χ0v) is 9.03. The molecule has 84 valence electrons. The largest absolute Gasteiger partial charge is 0.504 e. The number of aryl methyl sites for hydroxylation is 1. The number of phenolic OH excluding ortho intramolecular Hbond substituents is 1. The Hall–Kier alpha value is -1.26. The Balaban J connectivity index is 3.11. The van der Waals surface area contributed by atoms with Crippen LogP contribution in [0.5, 0.6) is 11.5 Å². The van der Waals surface area contributed by atoms with Crippen LogP contribution in [-0.2, 0) is 0 Å². The van der Waals surface area contributed by atoms with Crippen molar-refractivity contribution in [1.82, 2.24) is 0 Å². The lowest BCUT2D eigenvalue weighted by atomic mass is 10.0. The van der Waals surface area contributed by atoms with Crippen molar-refractivity contribution in [1.29, 1.82) is 0 Å². The third-order valence-electron chi connectivity index (χ3n) is 2.27. The lowest BCUT2D eigenvalue weighted by molar-refractivity contribution is 0.165. The molecule has 0 radical (unpaired) electrons. The second-order valence-corrected chi connectivity index (χ2v) is 3.50. The van der Waals surface area contributed by atoms with E-state index in [-0.39, 0.29) is 5.75 Å². The SMILES string of the molecule is COc1cc(C)cc(C(O)CCN)c1O. The molecule has 1 unspecified atom stereocenters. The van der Waals surface area contributed by atoms with Crippen LogP contribution in [0.25, 0.3) is 0 Å². The number of nitrogens with two attached hydrogens (primary N) is 1. The first kappa shape index (κ1) is 11.8. The predicted octanol–water partition coefficient (Wildman–Crippen LogP) is 1.09. The maximum atomic E-state index is 9.78. The molecule has 4 nitrogen and oxygen atoms in total. The van der Waals surface area contributed by atoms with Crippen LogP contribution >= 0.6 is 0 Å². The van der Waals surface area contributed by atoms with Gasteiger partial charge >= 0.3 is 0 Å². The van der Waals surface area contributed by atoms with Crippen molar-refractivity contribution in [3.63, 3.8) is 0 Å². The van der Waals surface area contributed by atoms with Crippen LogP contribution in [0.2, 0.25) is 0 Å². The van der Waals surface area contributed by atoms with Gasteiger partial charge in [0.1, 0.15) is 0 Å². The highest BCUT2D eigenvalue weighted by molar-refractivity contribution is 5.49. The summed E-state index contributed by atoms with van der Waals surface area (Å²) in [7, 11) is 1.48. The zero-order valence-electron chi connectivity index (χ0n) is 9.03. The Morgan fingerprint density at radius 3 is 2.67 bits per heavy atom. The van der Waals surface area contributed by atoms with E-state index in [0.29, 0.717) is 24.3 Å². The second kappa shape index (κ2) is 5.00. The van der Waals surface area contributed by atoms with Gasteiger partial charge in [-0.1, -0.05) is 0 Å². The molecule has 0 aliphatic heterocycles. The minimum atomic E-state index is -0.746. The predicted molar refractivity (Wildman–Crippen MR) is 58.0 cm³/mol. The van der Waals surface area contributed by atoms with Crippen molar-refractivity contribution < 1.29 is 14.9 Å². The first-order chi connectivity index (χ1) is 7.10. The summed E-state index contributed by atoms with van der Waals surface area (Å²) < 4.78 is 5.00. The van der Waals surface area contributed by atoms with Crippen LogP contribution < -0.4 is 10.5 Å². The number of hydrogen-bond acceptors (Lipinski definition) is 4. The first-order valence-electron chi connectivity index (χ1n) is 4.85. The van der Waals surface area contributed by atoms with E-state index in [9.17, 15) is 10.2 Å². The molecule has 0 spiro atoms. The molecule has 1 aromatic rings. The minimum Gasteiger partial charge on any atom is -0.504 e. The van der Waals surface area contributed by atoms with E-state index in [2.05, 4.69) is 0 Å². The van der Waals surface area contributed by atoms with E-state index in [1.807, 2.05) is 6.92 Å². The van der Waals surface area contributed by atoms with Crippen molar-refractivity contribution in [2.45, 2.75) is 19.4 Å². The summed E-state index contributed by atoms with van der Waals surface area (Å²) in [6.07, 6.45) is -0.330. The van der Waals surface area contributed by atoms with Gasteiger partial charge in [0.05, 0.1) is 13.2 Å². The number of hydrogen-bond donors (Lipinski definition) is 3. The molecule has 0 saturated heterocycles. The maximum Gasteiger partial charge on any atom is 0.163 e. The molecule has 0 saturated carbocycles. The Bertz CT molecular complexity index is 339. The van der Waals surface area contributed by atoms with Gasteiger partial charge in [0.15, 0.2) is 11.5 Å². The zero-order chi connectivity index (χ0) is 11.4. The molecule has 0 aromatic heterocycles. The van der Waals surface area contributed by atoms with E-state index in [1.165, 1.54) is 7.11 Å². The number of phenols is 1. The quantitative estimate of drug-likeness (QED) is 0.697. The van der Waals surface area contributed by atoms with Crippen molar-refractivity contribution in [2.75, 3.05) is 13.7 Å². The number of ether oxygens (including phenoxy) is 1. The van der Waals surface area contributed by atoms with Crippen LogP contribution in [0.1, 0.15) is 23.7 Å². The van der Waals surface area contributed by atoms with Crippen LogP contribution in [0.15, 0.2) is 12.1 Å². The Morgan fingerprint density at radius 1 is 1.47 bits per heavy atom. The normalized spacial score (nSPS) is 12.5. The van der Waals surface area contributed by atoms with Gasteiger partial charge in [0.2, 0.25) is 0 Å². The summed E-state index contributed by atoms with van der Waals surface area (Å²) in [5.74, 6) is 0.366. The Kier molecular flexibility index (Phi) is 3.94. The number of aliphatic hydroxyl groups is 1. The third-order valence-corrected chi connectivity index (χ3v) is 2.27. The van der Waals surface area contributed by atoms with Gasteiger partial charge in [-0.25, -0.2) is 0 Å². The van der Waals surface area contributed by atoms with Crippen molar-refractivity contribution in [3.8, 4) is 11.5 Å². The fraction of sp³-hybridized carbons (Fsp3) is 0.455. The average molecular weight is 211 g/mol. The lowest BCUT2D eigenvalue weighted by Gasteiger charge is -2.15. The second-order valence-electron chi connectivity index (χ2n) is 3.50. The fourth-order valence-electron chi connectivity index (χ4n) is 1.50. The van der Waals surface area contributed by atoms with E-state index in [4.69, 9.17) is 10.5 Å². The molecule has 0 aliphatic rings. The summed E-state index contributed by atoms with van der Waals surface area (Å²) in [4.78, 5) is 0. The number of aliphatic hydroxyl groups excluding tert-OH is 1. The summed E-state index contributed by atoms with van der Waals surface area (Å²) in [6.45, 7) is 2.25. The molecule has 0 fully saturated rings. The van der Waals surface area contributed by atoms with Crippen LogP contribution in [0.4, 0.5) is 0 Å². The smallest absolute Gasteiger partial charge is 0.163 e. The van der Waals surface area contributed by atoms with E-state index < -0.39 is 6.10 Å². The monoisotopic (exact) mass is 211 g/mol. The minimum absolute atomic E-state index is 0.0101. The molecule has 15 heavy (non-hydrogen) atoms. The van der Waals surface area contributed by atoms with E-state index in [1.54, 1.807) is 12.1 Å². The van der Waals surface area contributed by atoms with E-state index in [0.717, 1.165) is 5.56 Å². The van der Waals surface area contributed by atoms with Gasteiger partial charge < -0.3 is 20.7 Å². The van der Waals surface area contributed by atoms with Gasteiger partial charge in [-0.3, -0.25) is 0 Å². The summed E-state index contributed by atoms with van der Waals surface area (Å²) >= 11 is 0. The number of methoxy groups -OCH3 is 1. The molecule has 1 atom stereocenters. The Labute approximate surface area is 89.3 Å². The highest BCUT2D eigenvalue weighted by Crippen LogP contribution is 2.35. The fourth-order valence-corrected chi connectivity index (χ4v) is 1.50.